The van der Waals surface area contributed by atoms with Gasteiger partial charge in [-0.05, 0) is 13.0 Å². The fourth-order valence-electron chi connectivity index (χ4n) is 2.69. The molecule has 0 bridgehead atoms. The smallest absolute Gasteiger partial charge is 0.00773 e. The lowest BCUT2D eigenvalue weighted by Crippen LogP contribution is -1.97. The second-order valence-corrected chi connectivity index (χ2v) is 6.09. The summed E-state index contributed by atoms with van der Waals surface area (Å²) in [5.41, 5.74) is 5.48. The zero-order valence-electron chi connectivity index (χ0n) is 14.1. The molecule has 0 saturated heterocycles. The molecule has 0 aliphatic heterocycles. The van der Waals surface area contributed by atoms with Gasteiger partial charge in [-0.25, -0.2) is 0 Å². The summed E-state index contributed by atoms with van der Waals surface area (Å²) in [6.45, 7) is 3.16. The molecule has 0 amide bonds. The standard InChI is InChI=1S/C18H39N.H2S/c1-2-3-4-5-6-7-8-9-10-11-12-13-14-15-16-17-18-19;/h2-19H2,1H3;1H2. The van der Waals surface area contributed by atoms with Crippen LogP contribution in [0.2, 0.25) is 0 Å². The van der Waals surface area contributed by atoms with Crippen LogP contribution in [0.15, 0.2) is 0 Å². The van der Waals surface area contributed by atoms with Gasteiger partial charge in [0.05, 0.1) is 0 Å². The van der Waals surface area contributed by atoms with Gasteiger partial charge in [0, 0.05) is 0 Å². The molecule has 20 heavy (non-hydrogen) atoms. The average Bonchev–Trinajstić information content (AvgIpc) is 2.43. The molecule has 0 spiro atoms. The second-order valence-electron chi connectivity index (χ2n) is 6.09. The lowest BCUT2D eigenvalue weighted by Gasteiger charge is -2.03. The molecule has 0 radical (unpaired) electrons. The second kappa shape index (κ2) is 21.6. The van der Waals surface area contributed by atoms with Crippen LogP contribution in [0.1, 0.15) is 110 Å². The maximum Gasteiger partial charge on any atom is -0.00773 e. The monoisotopic (exact) mass is 303 g/mol. The van der Waals surface area contributed by atoms with Gasteiger partial charge in [-0.3, -0.25) is 0 Å². The Labute approximate surface area is 135 Å². The molecule has 0 aromatic carbocycles. The first kappa shape index (κ1) is 22.6. The summed E-state index contributed by atoms with van der Waals surface area (Å²) in [5.74, 6) is 0. The predicted molar refractivity (Wildman–Crippen MR) is 99.0 cm³/mol. The molecular weight excluding hydrogens is 262 g/mol. The van der Waals surface area contributed by atoms with Crippen LogP contribution in [0.3, 0.4) is 0 Å². The van der Waals surface area contributed by atoms with E-state index < -0.39 is 0 Å². The number of hydrogen-bond acceptors (Lipinski definition) is 1. The first-order valence-electron chi connectivity index (χ1n) is 9.12. The van der Waals surface area contributed by atoms with Crippen molar-refractivity contribution in [3.05, 3.63) is 0 Å². The lowest BCUT2D eigenvalue weighted by molar-refractivity contribution is 0.530. The van der Waals surface area contributed by atoms with Gasteiger partial charge in [-0.15, -0.1) is 0 Å². The highest BCUT2D eigenvalue weighted by molar-refractivity contribution is 7.59. The van der Waals surface area contributed by atoms with Crippen molar-refractivity contribution in [3.63, 3.8) is 0 Å². The van der Waals surface area contributed by atoms with Crippen molar-refractivity contribution in [3.8, 4) is 0 Å². The van der Waals surface area contributed by atoms with Crippen LogP contribution < -0.4 is 5.73 Å². The molecule has 0 saturated carbocycles. The fourth-order valence-corrected chi connectivity index (χ4v) is 2.69. The van der Waals surface area contributed by atoms with Crippen molar-refractivity contribution >= 4 is 13.5 Å². The molecule has 0 aromatic heterocycles. The van der Waals surface area contributed by atoms with Gasteiger partial charge in [-0.1, -0.05) is 103 Å². The molecule has 0 aliphatic carbocycles. The summed E-state index contributed by atoms with van der Waals surface area (Å²) in [5, 5.41) is 0. The molecule has 2 N–H and O–H groups in total. The molecule has 124 valence electrons. The molecule has 0 atom stereocenters. The molecule has 0 rings (SSSR count). The fraction of sp³-hybridized carbons (Fsp3) is 1.00. The van der Waals surface area contributed by atoms with Gasteiger partial charge in [0.25, 0.3) is 0 Å². The first-order chi connectivity index (χ1) is 9.41. The Morgan fingerprint density at radius 3 is 0.950 bits per heavy atom. The van der Waals surface area contributed by atoms with E-state index in [0.29, 0.717) is 0 Å². The van der Waals surface area contributed by atoms with Gasteiger partial charge in [-0.2, -0.15) is 13.5 Å². The van der Waals surface area contributed by atoms with E-state index in [0.717, 1.165) is 6.54 Å². The maximum absolute atomic E-state index is 5.48. The third-order valence-electron chi connectivity index (χ3n) is 4.06. The summed E-state index contributed by atoms with van der Waals surface area (Å²) in [6, 6.07) is 0. The van der Waals surface area contributed by atoms with Crippen molar-refractivity contribution in [2.24, 2.45) is 5.73 Å². The first-order valence-corrected chi connectivity index (χ1v) is 9.12. The molecule has 0 heterocycles. The summed E-state index contributed by atoms with van der Waals surface area (Å²) < 4.78 is 0. The van der Waals surface area contributed by atoms with Crippen molar-refractivity contribution in [2.45, 2.75) is 110 Å². The molecule has 0 unspecified atom stereocenters. The topological polar surface area (TPSA) is 26.0 Å². The SMILES string of the molecule is CCCCCCCCCCCCCCCCCCN.S. The molecule has 0 aromatic rings. The predicted octanol–water partition coefficient (Wildman–Crippen LogP) is 6.32. The summed E-state index contributed by atoms with van der Waals surface area (Å²) in [4.78, 5) is 0. The van der Waals surface area contributed by atoms with Crippen LogP contribution in [-0.2, 0) is 0 Å². The molecule has 0 aliphatic rings. The van der Waals surface area contributed by atoms with Crippen LogP contribution >= 0.6 is 13.5 Å². The Balaban J connectivity index is 0. The quantitative estimate of drug-likeness (QED) is 0.332. The minimum atomic E-state index is 0. The van der Waals surface area contributed by atoms with E-state index >= 15 is 0 Å². The largest absolute Gasteiger partial charge is 0.330 e. The Morgan fingerprint density at radius 1 is 0.450 bits per heavy atom. The lowest BCUT2D eigenvalue weighted by atomic mass is 10.0. The van der Waals surface area contributed by atoms with Gasteiger partial charge < -0.3 is 5.73 Å². The van der Waals surface area contributed by atoms with Gasteiger partial charge in [0.15, 0.2) is 0 Å². The van der Waals surface area contributed by atoms with Crippen LogP contribution in [-0.4, -0.2) is 6.54 Å². The third kappa shape index (κ3) is 20.6. The number of rotatable bonds is 16. The van der Waals surface area contributed by atoms with E-state index in [1.807, 2.05) is 0 Å². The summed E-state index contributed by atoms with van der Waals surface area (Å²) in [6.07, 6.45) is 22.9. The van der Waals surface area contributed by atoms with Crippen molar-refractivity contribution in [2.75, 3.05) is 6.54 Å². The number of unbranched alkanes of at least 4 members (excludes halogenated alkanes) is 15. The van der Waals surface area contributed by atoms with Gasteiger partial charge >= 0.3 is 0 Å². The minimum Gasteiger partial charge on any atom is -0.330 e. The highest BCUT2D eigenvalue weighted by atomic mass is 32.1. The van der Waals surface area contributed by atoms with Crippen LogP contribution in [0.5, 0.6) is 0 Å². The Hall–Kier alpha value is 0.310. The van der Waals surface area contributed by atoms with E-state index in [9.17, 15) is 0 Å². The Kier molecular flexibility index (Phi) is 24.4. The molecule has 1 nitrogen and oxygen atoms in total. The van der Waals surface area contributed by atoms with Crippen LogP contribution in [0, 0.1) is 0 Å². The highest BCUT2D eigenvalue weighted by Gasteiger charge is 1.94. The third-order valence-corrected chi connectivity index (χ3v) is 4.06. The van der Waals surface area contributed by atoms with Crippen molar-refractivity contribution in [1.82, 2.24) is 0 Å². The summed E-state index contributed by atoms with van der Waals surface area (Å²) >= 11 is 0. The van der Waals surface area contributed by atoms with E-state index in [1.165, 1.54) is 103 Å². The van der Waals surface area contributed by atoms with Crippen LogP contribution in [0.25, 0.3) is 0 Å². The Bertz CT molecular complexity index is 134. The average molecular weight is 304 g/mol. The van der Waals surface area contributed by atoms with Crippen LogP contribution in [0.4, 0.5) is 0 Å². The number of hydrogen-bond donors (Lipinski definition) is 1. The van der Waals surface area contributed by atoms with Crippen molar-refractivity contribution < 1.29 is 0 Å². The maximum atomic E-state index is 5.48. The zero-order chi connectivity index (χ0) is 14.0. The normalized spacial score (nSPS) is 10.5. The zero-order valence-corrected chi connectivity index (χ0v) is 15.1. The van der Waals surface area contributed by atoms with E-state index in [4.69, 9.17) is 5.73 Å². The highest BCUT2D eigenvalue weighted by Crippen LogP contribution is 2.13. The van der Waals surface area contributed by atoms with E-state index in [-0.39, 0.29) is 13.5 Å². The summed E-state index contributed by atoms with van der Waals surface area (Å²) in [7, 11) is 0. The van der Waals surface area contributed by atoms with Gasteiger partial charge in [0.2, 0.25) is 0 Å². The molecule has 2 heteroatoms. The number of nitrogens with two attached hydrogens (primary N) is 1. The minimum absolute atomic E-state index is 0. The Morgan fingerprint density at radius 2 is 0.700 bits per heavy atom. The van der Waals surface area contributed by atoms with Crippen molar-refractivity contribution in [1.29, 1.82) is 0 Å². The van der Waals surface area contributed by atoms with E-state index in [1.54, 1.807) is 0 Å². The van der Waals surface area contributed by atoms with Gasteiger partial charge in [0.1, 0.15) is 0 Å². The molecular formula is C18H41NS. The van der Waals surface area contributed by atoms with E-state index in [2.05, 4.69) is 6.92 Å². The molecule has 0 fully saturated rings.